The minimum Gasteiger partial charge on any atom is -0.324 e. The minimum absolute atomic E-state index is 0.133. The van der Waals surface area contributed by atoms with Crippen LogP contribution in [0.4, 0.5) is 10.1 Å². The largest absolute Gasteiger partial charge is 0.324 e. The van der Waals surface area contributed by atoms with Gasteiger partial charge in [0.05, 0.1) is 18.3 Å². The Hall–Kier alpha value is -1.75. The van der Waals surface area contributed by atoms with Crippen LogP contribution in [0.25, 0.3) is 0 Å². The van der Waals surface area contributed by atoms with Crippen molar-refractivity contribution in [2.75, 3.05) is 5.32 Å². The molecule has 0 saturated heterocycles. The Morgan fingerprint density at radius 2 is 2.17 bits per heavy atom. The van der Waals surface area contributed by atoms with E-state index in [1.165, 1.54) is 12.1 Å². The number of pyridine rings is 1. The maximum absolute atomic E-state index is 12.9. The Balaban J connectivity index is 1.98. The summed E-state index contributed by atoms with van der Waals surface area (Å²) < 4.78 is 13.6. The molecule has 0 atom stereocenters. The highest BCUT2D eigenvalue weighted by atomic mass is 79.9. The van der Waals surface area contributed by atoms with Crippen LogP contribution in [0.1, 0.15) is 5.56 Å². The third kappa shape index (κ3) is 3.63. The van der Waals surface area contributed by atoms with E-state index >= 15 is 0 Å². The molecule has 1 heterocycles. The molecule has 0 aliphatic carbocycles. The van der Waals surface area contributed by atoms with E-state index in [0.29, 0.717) is 15.9 Å². The average Bonchev–Trinajstić information content (AvgIpc) is 2.32. The van der Waals surface area contributed by atoms with Crippen LogP contribution in [-0.2, 0) is 11.2 Å². The van der Waals surface area contributed by atoms with Crippen molar-refractivity contribution in [2.24, 2.45) is 0 Å². The second kappa shape index (κ2) is 5.73. The molecule has 92 valence electrons. The molecule has 0 saturated carbocycles. The summed E-state index contributed by atoms with van der Waals surface area (Å²) in [5.41, 5.74) is 1.25. The smallest absolute Gasteiger partial charge is 0.228 e. The van der Waals surface area contributed by atoms with E-state index in [4.69, 9.17) is 0 Å². The van der Waals surface area contributed by atoms with Crippen molar-refractivity contribution < 1.29 is 9.18 Å². The van der Waals surface area contributed by atoms with Crippen molar-refractivity contribution in [2.45, 2.75) is 6.42 Å². The molecule has 5 heteroatoms. The number of hydrogen-bond acceptors (Lipinski definition) is 2. The fourth-order valence-corrected chi connectivity index (χ4v) is 1.72. The van der Waals surface area contributed by atoms with Crippen LogP contribution >= 0.6 is 15.9 Å². The van der Waals surface area contributed by atoms with E-state index < -0.39 is 0 Å². The Bertz CT molecular complexity index is 557. The lowest BCUT2D eigenvalue weighted by atomic mass is 10.1. The first kappa shape index (κ1) is 12.7. The van der Waals surface area contributed by atoms with Crippen LogP contribution < -0.4 is 5.32 Å². The number of hydrogen-bond donors (Lipinski definition) is 1. The van der Waals surface area contributed by atoms with Gasteiger partial charge in [0.15, 0.2) is 0 Å². The Kier molecular flexibility index (Phi) is 4.04. The molecule has 1 aromatic carbocycles. The third-order valence-corrected chi connectivity index (χ3v) is 2.73. The lowest BCUT2D eigenvalue weighted by molar-refractivity contribution is -0.115. The maximum Gasteiger partial charge on any atom is 0.228 e. The fraction of sp³-hybridized carbons (Fsp3) is 0.0769. The summed E-state index contributed by atoms with van der Waals surface area (Å²) in [6, 6.07) is 9.46. The molecule has 1 amide bonds. The van der Waals surface area contributed by atoms with Gasteiger partial charge in [0.1, 0.15) is 10.4 Å². The van der Waals surface area contributed by atoms with Crippen molar-refractivity contribution >= 4 is 27.5 Å². The number of carbonyl (C=O) groups excluding carboxylic acids is 1. The molecule has 1 aromatic heterocycles. The Morgan fingerprint density at radius 3 is 2.83 bits per heavy atom. The van der Waals surface area contributed by atoms with Crippen LogP contribution in [0.5, 0.6) is 0 Å². The number of nitrogens with one attached hydrogen (secondary N) is 1. The average molecular weight is 309 g/mol. The van der Waals surface area contributed by atoms with Crippen LogP contribution in [0, 0.1) is 5.82 Å². The summed E-state index contributed by atoms with van der Waals surface area (Å²) in [7, 11) is 0. The first-order chi connectivity index (χ1) is 8.63. The molecule has 0 aliphatic rings. The lowest BCUT2D eigenvalue weighted by Gasteiger charge is -2.05. The van der Waals surface area contributed by atoms with E-state index in [2.05, 4.69) is 26.2 Å². The topological polar surface area (TPSA) is 42.0 Å². The highest BCUT2D eigenvalue weighted by Crippen LogP contribution is 2.11. The number of nitrogens with zero attached hydrogens (tertiary/aromatic N) is 1. The lowest BCUT2D eigenvalue weighted by Crippen LogP contribution is -2.14. The zero-order chi connectivity index (χ0) is 13.0. The molecule has 0 unspecified atom stereocenters. The van der Waals surface area contributed by atoms with Crippen LogP contribution in [0.3, 0.4) is 0 Å². The summed E-state index contributed by atoms with van der Waals surface area (Å²) in [5, 5.41) is 2.69. The van der Waals surface area contributed by atoms with Gasteiger partial charge in [-0.2, -0.15) is 0 Å². The molecule has 2 rings (SSSR count). The summed E-state index contributed by atoms with van der Waals surface area (Å²) in [5.74, 6) is -0.546. The van der Waals surface area contributed by atoms with Crippen LogP contribution in [-0.4, -0.2) is 10.9 Å². The van der Waals surface area contributed by atoms with E-state index in [9.17, 15) is 9.18 Å². The SMILES string of the molecule is O=C(Cc1cccc(F)c1)Nc1ccc(Br)nc1. The monoisotopic (exact) mass is 308 g/mol. The molecule has 0 fully saturated rings. The van der Waals surface area contributed by atoms with Gasteiger partial charge in [-0.3, -0.25) is 4.79 Å². The standard InChI is InChI=1S/C13H10BrFN2O/c14-12-5-4-11(8-16-12)17-13(18)7-9-2-1-3-10(15)6-9/h1-6,8H,7H2,(H,17,18). The molecule has 0 bridgehead atoms. The predicted octanol–water partition coefficient (Wildman–Crippen LogP) is 3.16. The van der Waals surface area contributed by atoms with Crippen molar-refractivity contribution in [1.82, 2.24) is 4.98 Å². The first-order valence-corrected chi connectivity index (χ1v) is 6.08. The summed E-state index contributed by atoms with van der Waals surface area (Å²) in [6.45, 7) is 0. The van der Waals surface area contributed by atoms with Gasteiger partial charge in [-0.25, -0.2) is 9.37 Å². The van der Waals surface area contributed by atoms with Gasteiger partial charge in [-0.15, -0.1) is 0 Å². The fourth-order valence-electron chi connectivity index (χ4n) is 1.49. The van der Waals surface area contributed by atoms with E-state index in [-0.39, 0.29) is 18.1 Å². The van der Waals surface area contributed by atoms with Crippen molar-refractivity contribution in [3.63, 3.8) is 0 Å². The molecule has 3 nitrogen and oxygen atoms in total. The summed E-state index contributed by atoms with van der Waals surface area (Å²) in [4.78, 5) is 15.7. The van der Waals surface area contributed by atoms with E-state index in [0.717, 1.165) is 0 Å². The van der Waals surface area contributed by atoms with Gasteiger partial charge < -0.3 is 5.32 Å². The normalized spacial score (nSPS) is 10.1. The van der Waals surface area contributed by atoms with Gasteiger partial charge in [0.25, 0.3) is 0 Å². The summed E-state index contributed by atoms with van der Waals surface area (Å²) >= 11 is 3.21. The zero-order valence-corrected chi connectivity index (χ0v) is 10.9. The highest BCUT2D eigenvalue weighted by molar-refractivity contribution is 9.10. The van der Waals surface area contributed by atoms with Crippen LogP contribution in [0.2, 0.25) is 0 Å². The second-order valence-electron chi connectivity index (χ2n) is 3.72. The van der Waals surface area contributed by atoms with Crippen molar-refractivity contribution in [3.05, 3.63) is 58.6 Å². The molecule has 18 heavy (non-hydrogen) atoms. The predicted molar refractivity (Wildman–Crippen MR) is 70.7 cm³/mol. The van der Waals surface area contributed by atoms with Crippen molar-refractivity contribution in [1.29, 1.82) is 0 Å². The van der Waals surface area contributed by atoms with Gasteiger partial charge in [0.2, 0.25) is 5.91 Å². The minimum atomic E-state index is -0.342. The molecule has 0 spiro atoms. The van der Waals surface area contributed by atoms with Crippen LogP contribution in [0.15, 0.2) is 47.2 Å². The van der Waals surface area contributed by atoms with E-state index in [1.54, 1.807) is 30.5 Å². The second-order valence-corrected chi connectivity index (χ2v) is 4.54. The molecular weight excluding hydrogens is 299 g/mol. The molecule has 0 aliphatic heterocycles. The van der Waals surface area contributed by atoms with Crippen molar-refractivity contribution in [3.8, 4) is 0 Å². The molecular formula is C13H10BrFN2O. The van der Waals surface area contributed by atoms with Gasteiger partial charge in [0, 0.05) is 0 Å². The molecule has 1 N–H and O–H groups in total. The Labute approximate surface area is 112 Å². The number of amides is 1. The molecule has 2 aromatic rings. The van der Waals surface area contributed by atoms with Gasteiger partial charge in [-0.1, -0.05) is 12.1 Å². The number of anilines is 1. The number of benzene rings is 1. The zero-order valence-electron chi connectivity index (χ0n) is 9.36. The summed E-state index contributed by atoms with van der Waals surface area (Å²) in [6.07, 6.45) is 1.68. The van der Waals surface area contributed by atoms with E-state index in [1.807, 2.05) is 0 Å². The number of aromatic nitrogens is 1. The maximum atomic E-state index is 12.9. The number of carbonyl (C=O) groups is 1. The Morgan fingerprint density at radius 1 is 1.33 bits per heavy atom. The third-order valence-electron chi connectivity index (χ3n) is 2.26. The molecule has 0 radical (unpaired) electrons. The number of halogens is 2. The number of rotatable bonds is 3. The van der Waals surface area contributed by atoms with Gasteiger partial charge >= 0.3 is 0 Å². The quantitative estimate of drug-likeness (QED) is 0.885. The highest BCUT2D eigenvalue weighted by Gasteiger charge is 2.05. The first-order valence-electron chi connectivity index (χ1n) is 5.29. The van der Waals surface area contributed by atoms with Gasteiger partial charge in [-0.05, 0) is 45.8 Å².